The van der Waals surface area contributed by atoms with Crippen molar-refractivity contribution in [3.63, 3.8) is 0 Å². The number of benzene rings is 1. The Morgan fingerprint density at radius 3 is 1.88 bits per heavy atom. The van der Waals surface area contributed by atoms with Crippen LogP contribution >= 0.6 is 0 Å². The Labute approximate surface area is 105 Å². The Kier molecular flexibility index (Phi) is 10.8. The van der Waals surface area contributed by atoms with Gasteiger partial charge in [-0.25, -0.2) is 0 Å². The topological polar surface area (TPSA) is 40.5 Å². The van der Waals surface area contributed by atoms with E-state index in [1.54, 1.807) is 12.1 Å². The van der Waals surface area contributed by atoms with Crippen molar-refractivity contribution in [1.82, 2.24) is 0 Å². The number of phenolic OH excluding ortho intramolecular Hbond substituents is 1. The molecule has 1 rings (SSSR count). The molecular weight excluding hydrogens is 212 g/mol. The maximum Gasteiger partial charge on any atom is 0.115 e. The number of phenols is 1. The highest BCUT2D eigenvalue weighted by Gasteiger charge is 1.86. The Morgan fingerprint density at radius 1 is 0.882 bits per heavy atom. The van der Waals surface area contributed by atoms with E-state index < -0.39 is 0 Å². The SMILES string of the molecule is CCCCCCCCO.Cc1ccc(O)cc1. The maximum atomic E-state index is 8.76. The first kappa shape index (κ1) is 16.0. The lowest BCUT2D eigenvalue weighted by Gasteiger charge is -1.95. The monoisotopic (exact) mass is 238 g/mol. The van der Waals surface area contributed by atoms with Crippen LogP contribution in [0, 0.1) is 6.92 Å². The molecule has 98 valence electrons. The van der Waals surface area contributed by atoms with Crippen molar-refractivity contribution in [2.24, 2.45) is 0 Å². The van der Waals surface area contributed by atoms with Crippen LogP contribution in [0.25, 0.3) is 0 Å². The second-order valence-electron chi connectivity index (χ2n) is 4.33. The molecule has 1 aromatic carbocycles. The number of hydrogen-bond donors (Lipinski definition) is 2. The fourth-order valence-corrected chi connectivity index (χ4v) is 1.44. The van der Waals surface area contributed by atoms with E-state index in [1.807, 2.05) is 19.1 Å². The molecule has 0 bridgehead atoms. The van der Waals surface area contributed by atoms with Crippen molar-refractivity contribution >= 4 is 0 Å². The number of unbranched alkanes of at least 4 members (excludes halogenated alkanes) is 5. The number of aryl methyl sites for hydroxylation is 1. The highest BCUT2D eigenvalue weighted by molar-refractivity contribution is 5.24. The lowest BCUT2D eigenvalue weighted by atomic mass is 10.1. The van der Waals surface area contributed by atoms with Crippen LogP contribution < -0.4 is 0 Å². The zero-order valence-corrected chi connectivity index (χ0v) is 11.2. The first-order valence-electron chi connectivity index (χ1n) is 6.57. The van der Waals surface area contributed by atoms with Gasteiger partial charge in [-0.3, -0.25) is 0 Å². The van der Waals surface area contributed by atoms with Gasteiger partial charge in [0.05, 0.1) is 0 Å². The molecule has 0 unspecified atom stereocenters. The smallest absolute Gasteiger partial charge is 0.115 e. The minimum absolute atomic E-state index is 0.329. The quantitative estimate of drug-likeness (QED) is 0.734. The van der Waals surface area contributed by atoms with Gasteiger partial charge in [0, 0.05) is 6.61 Å². The molecule has 2 heteroatoms. The number of aliphatic hydroxyl groups excluding tert-OH is 1. The average Bonchev–Trinajstić information content (AvgIpc) is 2.34. The second-order valence-corrected chi connectivity index (χ2v) is 4.33. The Hall–Kier alpha value is -1.02. The molecular formula is C15H26O2. The number of rotatable bonds is 6. The summed E-state index contributed by atoms with van der Waals surface area (Å²) in [4.78, 5) is 0. The molecule has 17 heavy (non-hydrogen) atoms. The van der Waals surface area contributed by atoms with Gasteiger partial charge in [0.25, 0.3) is 0 Å². The molecule has 1 aromatic rings. The number of hydrogen-bond acceptors (Lipinski definition) is 2. The van der Waals surface area contributed by atoms with Crippen LogP contribution in [-0.4, -0.2) is 16.8 Å². The fourth-order valence-electron chi connectivity index (χ4n) is 1.44. The van der Waals surface area contributed by atoms with E-state index in [1.165, 1.54) is 37.7 Å². The molecule has 0 aliphatic heterocycles. The maximum absolute atomic E-state index is 8.76. The summed E-state index contributed by atoms with van der Waals surface area (Å²) in [7, 11) is 0. The van der Waals surface area contributed by atoms with Gasteiger partial charge in [0.1, 0.15) is 5.75 Å². The summed E-state index contributed by atoms with van der Waals surface area (Å²) in [6, 6.07) is 7.09. The standard InChI is InChI=1S/C8H18O.C7H8O/c1-2-3-4-5-6-7-8-9;1-6-2-4-7(8)5-3-6/h9H,2-8H2,1H3;2-5,8H,1H3. The van der Waals surface area contributed by atoms with Crippen LogP contribution in [0.2, 0.25) is 0 Å². The lowest BCUT2D eigenvalue weighted by molar-refractivity contribution is 0.282. The Bertz CT molecular complexity index is 227. The third-order valence-corrected chi connectivity index (χ3v) is 2.55. The highest BCUT2D eigenvalue weighted by atomic mass is 16.3. The average molecular weight is 238 g/mol. The van der Waals surface area contributed by atoms with Gasteiger partial charge >= 0.3 is 0 Å². The van der Waals surface area contributed by atoms with Crippen molar-refractivity contribution in [3.8, 4) is 5.75 Å². The first-order valence-corrected chi connectivity index (χ1v) is 6.57. The van der Waals surface area contributed by atoms with Crippen LogP contribution in [0.15, 0.2) is 24.3 Å². The molecule has 0 amide bonds. The summed E-state index contributed by atoms with van der Waals surface area (Å²) in [5, 5.41) is 17.2. The number of aliphatic hydroxyl groups is 1. The lowest BCUT2D eigenvalue weighted by Crippen LogP contribution is -1.82. The molecule has 0 fully saturated rings. The van der Waals surface area contributed by atoms with Crippen LogP contribution in [0.3, 0.4) is 0 Å². The van der Waals surface area contributed by atoms with Crippen molar-refractivity contribution in [2.75, 3.05) is 6.61 Å². The molecule has 2 N–H and O–H groups in total. The van der Waals surface area contributed by atoms with Crippen LogP contribution in [0.5, 0.6) is 5.75 Å². The zero-order valence-electron chi connectivity index (χ0n) is 11.2. The van der Waals surface area contributed by atoms with Gasteiger partial charge in [-0.1, -0.05) is 56.7 Å². The molecule has 0 heterocycles. The molecule has 0 aliphatic rings. The summed E-state index contributed by atoms with van der Waals surface area (Å²) in [5.74, 6) is 0.329. The van der Waals surface area contributed by atoms with E-state index in [0.717, 1.165) is 6.42 Å². The van der Waals surface area contributed by atoms with Crippen molar-refractivity contribution < 1.29 is 10.2 Å². The molecule has 0 atom stereocenters. The predicted molar refractivity (Wildman–Crippen MR) is 73.3 cm³/mol. The van der Waals surface area contributed by atoms with E-state index in [9.17, 15) is 0 Å². The van der Waals surface area contributed by atoms with Gasteiger partial charge < -0.3 is 10.2 Å². The summed E-state index contributed by atoms with van der Waals surface area (Å²) < 4.78 is 0. The molecule has 0 aliphatic carbocycles. The summed E-state index contributed by atoms with van der Waals surface area (Å²) in [5.41, 5.74) is 1.17. The molecule has 0 saturated heterocycles. The first-order chi connectivity index (χ1) is 8.20. The summed E-state index contributed by atoms with van der Waals surface area (Å²) in [6.07, 6.45) is 7.50. The van der Waals surface area contributed by atoms with Crippen molar-refractivity contribution in [3.05, 3.63) is 29.8 Å². The fraction of sp³-hybridized carbons (Fsp3) is 0.600. The van der Waals surface area contributed by atoms with E-state index >= 15 is 0 Å². The number of aromatic hydroxyl groups is 1. The minimum Gasteiger partial charge on any atom is -0.508 e. The minimum atomic E-state index is 0.329. The molecule has 0 aromatic heterocycles. The van der Waals surface area contributed by atoms with Crippen LogP contribution in [0.1, 0.15) is 51.0 Å². The molecule has 0 radical (unpaired) electrons. The van der Waals surface area contributed by atoms with Crippen molar-refractivity contribution in [2.45, 2.75) is 52.4 Å². The van der Waals surface area contributed by atoms with Gasteiger partial charge in [-0.2, -0.15) is 0 Å². The third kappa shape index (κ3) is 11.2. The van der Waals surface area contributed by atoms with E-state index in [0.29, 0.717) is 12.4 Å². The summed E-state index contributed by atoms with van der Waals surface area (Å²) >= 11 is 0. The van der Waals surface area contributed by atoms with E-state index in [-0.39, 0.29) is 0 Å². The second kappa shape index (κ2) is 11.5. The van der Waals surface area contributed by atoms with Crippen molar-refractivity contribution in [1.29, 1.82) is 0 Å². The third-order valence-electron chi connectivity index (χ3n) is 2.55. The molecule has 0 saturated carbocycles. The largest absolute Gasteiger partial charge is 0.508 e. The van der Waals surface area contributed by atoms with E-state index in [4.69, 9.17) is 10.2 Å². The van der Waals surface area contributed by atoms with Gasteiger partial charge in [0.2, 0.25) is 0 Å². The predicted octanol–water partition coefficient (Wildman–Crippen LogP) is 4.04. The summed E-state index contributed by atoms with van der Waals surface area (Å²) in [6.45, 7) is 4.57. The van der Waals surface area contributed by atoms with Crippen LogP contribution in [0.4, 0.5) is 0 Å². The van der Waals surface area contributed by atoms with E-state index in [2.05, 4.69) is 6.92 Å². The van der Waals surface area contributed by atoms with Gasteiger partial charge in [0.15, 0.2) is 0 Å². The Morgan fingerprint density at radius 2 is 1.41 bits per heavy atom. The highest BCUT2D eigenvalue weighted by Crippen LogP contribution is 2.07. The molecule has 0 spiro atoms. The van der Waals surface area contributed by atoms with Gasteiger partial charge in [-0.05, 0) is 25.5 Å². The van der Waals surface area contributed by atoms with Gasteiger partial charge in [-0.15, -0.1) is 0 Å². The molecule has 2 nitrogen and oxygen atoms in total. The normalized spacial score (nSPS) is 9.59. The van der Waals surface area contributed by atoms with Crippen LogP contribution in [-0.2, 0) is 0 Å². The Balaban J connectivity index is 0.000000302. The zero-order chi connectivity index (χ0) is 12.9.